The van der Waals surface area contributed by atoms with Gasteiger partial charge in [0.25, 0.3) is 0 Å². The summed E-state index contributed by atoms with van der Waals surface area (Å²) in [4.78, 5) is 0. The molecular weight excluding hydrogens is 348 g/mol. The minimum absolute atomic E-state index is 0.688. The molecule has 134 valence electrons. The van der Waals surface area contributed by atoms with Gasteiger partial charge in [0.05, 0.1) is 20.4 Å². The molecule has 0 aliphatic carbocycles. The Morgan fingerprint density at radius 2 is 1.58 bits per heavy atom. The lowest BCUT2D eigenvalue weighted by atomic mass is 10.2. The third-order valence-corrected chi connectivity index (χ3v) is 4.47. The Morgan fingerprint density at radius 3 is 2.15 bits per heavy atom. The van der Waals surface area contributed by atoms with E-state index in [2.05, 4.69) is 22.2 Å². The quantitative estimate of drug-likeness (QED) is 0.467. The largest absolute Gasteiger partial charge is 0.497 e. The first kappa shape index (κ1) is 18.0. The number of hydrogen-bond acceptors (Lipinski definition) is 6. The van der Waals surface area contributed by atoms with Gasteiger partial charge in [-0.25, -0.2) is 0 Å². The summed E-state index contributed by atoms with van der Waals surface area (Å²) >= 11 is 1.60. The van der Waals surface area contributed by atoms with Gasteiger partial charge in [-0.2, -0.15) is 9.78 Å². The van der Waals surface area contributed by atoms with Crippen molar-refractivity contribution in [2.75, 3.05) is 20.0 Å². The summed E-state index contributed by atoms with van der Waals surface area (Å²) in [6.45, 7) is 2.07. The van der Waals surface area contributed by atoms with Crippen LogP contribution in [-0.2, 0) is 0 Å². The molecule has 2 aromatic carbocycles. The lowest BCUT2D eigenvalue weighted by Crippen LogP contribution is -1.97. The van der Waals surface area contributed by atoms with Crippen molar-refractivity contribution in [1.29, 1.82) is 0 Å². The van der Waals surface area contributed by atoms with E-state index in [-0.39, 0.29) is 0 Å². The summed E-state index contributed by atoms with van der Waals surface area (Å²) in [6.07, 6.45) is 1.79. The zero-order chi connectivity index (χ0) is 18.4. The highest BCUT2D eigenvalue weighted by Crippen LogP contribution is 2.25. The first-order valence-electron chi connectivity index (χ1n) is 8.16. The Balaban J connectivity index is 1.94. The summed E-state index contributed by atoms with van der Waals surface area (Å²) in [5, 5.41) is 13.9. The number of nitrogens with zero attached hydrogens (tertiary/aromatic N) is 4. The molecule has 0 amide bonds. The standard InChI is InChI=1S/C19H20N4O2S/c1-4-26-19-22-21-18(15-7-11-17(25-3)12-8-15)23(19)20-13-14-5-9-16(24-2)10-6-14/h5-13H,4H2,1-3H3. The smallest absolute Gasteiger partial charge is 0.212 e. The Labute approximate surface area is 156 Å². The van der Waals surface area contributed by atoms with Gasteiger partial charge in [-0.3, -0.25) is 0 Å². The molecule has 0 aliphatic rings. The predicted molar refractivity (Wildman–Crippen MR) is 104 cm³/mol. The fourth-order valence-corrected chi connectivity index (χ4v) is 2.94. The third kappa shape index (κ3) is 4.05. The van der Waals surface area contributed by atoms with Crippen molar-refractivity contribution in [2.45, 2.75) is 12.1 Å². The van der Waals surface area contributed by atoms with Crippen molar-refractivity contribution in [3.05, 3.63) is 54.1 Å². The van der Waals surface area contributed by atoms with Crippen LogP contribution in [0.4, 0.5) is 0 Å². The van der Waals surface area contributed by atoms with Gasteiger partial charge in [-0.05, 0) is 59.8 Å². The van der Waals surface area contributed by atoms with Gasteiger partial charge in [0.15, 0.2) is 5.82 Å². The van der Waals surface area contributed by atoms with Gasteiger partial charge in [0.1, 0.15) is 11.5 Å². The van der Waals surface area contributed by atoms with Crippen molar-refractivity contribution < 1.29 is 9.47 Å². The highest BCUT2D eigenvalue weighted by Gasteiger charge is 2.13. The van der Waals surface area contributed by atoms with Crippen LogP contribution in [0.5, 0.6) is 11.5 Å². The average molecular weight is 368 g/mol. The normalized spacial score (nSPS) is 11.0. The van der Waals surface area contributed by atoms with Crippen LogP contribution in [0.25, 0.3) is 11.4 Å². The molecule has 0 aliphatic heterocycles. The number of thioether (sulfide) groups is 1. The Hall–Kier alpha value is -2.80. The lowest BCUT2D eigenvalue weighted by molar-refractivity contribution is 0.414. The average Bonchev–Trinajstić information content (AvgIpc) is 3.09. The van der Waals surface area contributed by atoms with Crippen molar-refractivity contribution in [1.82, 2.24) is 14.9 Å². The molecule has 0 N–H and O–H groups in total. The molecule has 6 nitrogen and oxygen atoms in total. The molecule has 0 radical (unpaired) electrons. The van der Waals surface area contributed by atoms with E-state index in [9.17, 15) is 0 Å². The highest BCUT2D eigenvalue weighted by molar-refractivity contribution is 7.99. The maximum atomic E-state index is 5.22. The van der Waals surface area contributed by atoms with Gasteiger partial charge >= 0.3 is 0 Å². The van der Waals surface area contributed by atoms with Crippen molar-refractivity contribution in [3.63, 3.8) is 0 Å². The van der Waals surface area contributed by atoms with Crippen LogP contribution in [0.1, 0.15) is 12.5 Å². The summed E-state index contributed by atoms with van der Waals surface area (Å²) in [5.41, 5.74) is 1.89. The third-order valence-electron chi connectivity index (χ3n) is 3.67. The van der Waals surface area contributed by atoms with E-state index in [0.29, 0.717) is 5.82 Å². The monoisotopic (exact) mass is 368 g/mol. The zero-order valence-electron chi connectivity index (χ0n) is 14.9. The number of aromatic nitrogens is 3. The van der Waals surface area contributed by atoms with Gasteiger partial charge in [0.2, 0.25) is 5.16 Å². The topological polar surface area (TPSA) is 61.5 Å². The van der Waals surface area contributed by atoms with E-state index in [1.165, 1.54) is 0 Å². The van der Waals surface area contributed by atoms with Gasteiger partial charge < -0.3 is 9.47 Å². The number of methoxy groups -OCH3 is 2. The van der Waals surface area contributed by atoms with Crippen LogP contribution in [0.15, 0.2) is 58.8 Å². The summed E-state index contributed by atoms with van der Waals surface area (Å²) in [5.74, 6) is 3.18. The molecule has 7 heteroatoms. The fourth-order valence-electron chi connectivity index (χ4n) is 2.32. The SMILES string of the molecule is CCSc1nnc(-c2ccc(OC)cc2)n1N=Cc1ccc(OC)cc1. The van der Waals surface area contributed by atoms with E-state index in [1.807, 2.05) is 48.5 Å². The minimum atomic E-state index is 0.688. The van der Waals surface area contributed by atoms with Crippen LogP contribution in [-0.4, -0.2) is 41.1 Å². The molecule has 0 saturated heterocycles. The van der Waals surface area contributed by atoms with Crippen LogP contribution in [0.3, 0.4) is 0 Å². The molecule has 26 heavy (non-hydrogen) atoms. The highest BCUT2D eigenvalue weighted by atomic mass is 32.2. The maximum Gasteiger partial charge on any atom is 0.212 e. The van der Waals surface area contributed by atoms with Gasteiger partial charge in [0, 0.05) is 5.56 Å². The second-order valence-corrected chi connectivity index (χ2v) is 6.53. The second kappa shape index (κ2) is 8.53. The summed E-state index contributed by atoms with van der Waals surface area (Å²) < 4.78 is 12.2. The predicted octanol–water partition coefficient (Wildman–Crippen LogP) is 3.96. The van der Waals surface area contributed by atoms with Crippen LogP contribution >= 0.6 is 11.8 Å². The lowest BCUT2D eigenvalue weighted by Gasteiger charge is -2.05. The van der Waals surface area contributed by atoms with Crippen LogP contribution in [0, 0.1) is 0 Å². The molecule has 3 rings (SSSR count). The molecule has 3 aromatic rings. The number of benzene rings is 2. The van der Waals surface area contributed by atoms with Crippen LogP contribution < -0.4 is 9.47 Å². The molecule has 0 unspecified atom stereocenters. The van der Waals surface area contributed by atoms with E-state index in [0.717, 1.165) is 33.5 Å². The molecular formula is C19H20N4O2S. The molecule has 1 aromatic heterocycles. The first-order valence-corrected chi connectivity index (χ1v) is 9.14. The van der Waals surface area contributed by atoms with Gasteiger partial charge in [-0.15, -0.1) is 10.2 Å². The zero-order valence-corrected chi connectivity index (χ0v) is 15.7. The van der Waals surface area contributed by atoms with Crippen molar-refractivity contribution in [2.24, 2.45) is 5.10 Å². The van der Waals surface area contributed by atoms with E-state index < -0.39 is 0 Å². The van der Waals surface area contributed by atoms with E-state index >= 15 is 0 Å². The Kier molecular flexibility index (Phi) is 5.91. The maximum absolute atomic E-state index is 5.22. The molecule has 0 fully saturated rings. The first-order chi connectivity index (χ1) is 12.7. The summed E-state index contributed by atoms with van der Waals surface area (Å²) in [7, 11) is 3.29. The van der Waals surface area contributed by atoms with Crippen molar-refractivity contribution in [3.8, 4) is 22.9 Å². The Bertz CT molecular complexity index is 874. The Morgan fingerprint density at radius 1 is 0.962 bits per heavy atom. The van der Waals surface area contributed by atoms with Crippen molar-refractivity contribution >= 4 is 18.0 Å². The summed E-state index contributed by atoms with van der Waals surface area (Å²) in [6, 6.07) is 15.4. The molecule has 1 heterocycles. The fraction of sp³-hybridized carbons (Fsp3) is 0.211. The van der Waals surface area contributed by atoms with Gasteiger partial charge in [-0.1, -0.05) is 18.7 Å². The number of hydrogen-bond donors (Lipinski definition) is 0. The number of rotatable bonds is 7. The van der Waals surface area contributed by atoms with E-state index in [4.69, 9.17) is 9.47 Å². The second-order valence-electron chi connectivity index (χ2n) is 5.30. The minimum Gasteiger partial charge on any atom is -0.497 e. The van der Waals surface area contributed by atoms with Crippen LogP contribution in [0.2, 0.25) is 0 Å². The van der Waals surface area contributed by atoms with E-state index in [1.54, 1.807) is 36.9 Å². The molecule has 0 bridgehead atoms. The molecule has 0 atom stereocenters. The number of ether oxygens (including phenoxy) is 2. The molecule has 0 saturated carbocycles. The molecule has 0 spiro atoms.